The molecule has 0 atom stereocenters. The molecule has 51 heavy (non-hydrogen) atoms. The Labute approximate surface area is 295 Å². The van der Waals surface area contributed by atoms with E-state index < -0.39 is 0 Å². The van der Waals surface area contributed by atoms with Crippen molar-refractivity contribution in [3.63, 3.8) is 0 Å². The zero-order chi connectivity index (χ0) is 33.7. The lowest BCUT2D eigenvalue weighted by Gasteiger charge is -2.13. The molecule has 0 aliphatic heterocycles. The van der Waals surface area contributed by atoms with Gasteiger partial charge in [0.25, 0.3) is 0 Å². The van der Waals surface area contributed by atoms with Crippen LogP contribution in [0.3, 0.4) is 0 Å². The number of rotatable bonds is 5. The molecule has 4 aromatic heterocycles. The summed E-state index contributed by atoms with van der Waals surface area (Å²) in [6, 6.07) is 60.0. The van der Waals surface area contributed by atoms with Crippen molar-refractivity contribution in [3.05, 3.63) is 182 Å². The number of nitrogens with zero attached hydrogens (tertiary/aromatic N) is 4. The van der Waals surface area contributed by atoms with E-state index in [4.69, 9.17) is 9.97 Å². The summed E-state index contributed by atoms with van der Waals surface area (Å²) in [4.78, 5) is 14.5. The minimum atomic E-state index is 0.911. The van der Waals surface area contributed by atoms with Gasteiger partial charge in [-0.25, -0.2) is 9.97 Å². The summed E-state index contributed by atoms with van der Waals surface area (Å²) in [5, 5.41) is 6.02. The lowest BCUT2D eigenvalue weighted by molar-refractivity contribution is 1.18. The molecule has 4 nitrogen and oxygen atoms in total. The molecule has 0 saturated carbocycles. The van der Waals surface area contributed by atoms with Crippen molar-refractivity contribution in [2.24, 2.45) is 0 Å². The van der Waals surface area contributed by atoms with E-state index in [1.54, 1.807) is 6.20 Å². The molecular formula is C47H30N4. The summed E-state index contributed by atoms with van der Waals surface area (Å²) in [7, 11) is 0. The quantitative estimate of drug-likeness (QED) is 0.174. The van der Waals surface area contributed by atoms with Gasteiger partial charge < -0.3 is 4.57 Å². The normalized spacial score (nSPS) is 11.5. The van der Waals surface area contributed by atoms with E-state index in [1.807, 2.05) is 24.4 Å². The van der Waals surface area contributed by atoms with Gasteiger partial charge in [0.1, 0.15) is 0 Å². The molecule has 0 amide bonds. The van der Waals surface area contributed by atoms with E-state index in [0.717, 1.165) is 66.9 Å². The van der Waals surface area contributed by atoms with Crippen LogP contribution in [0, 0.1) is 0 Å². The van der Waals surface area contributed by atoms with Gasteiger partial charge in [0, 0.05) is 61.7 Å². The Balaban J connectivity index is 1.12. The fourth-order valence-corrected chi connectivity index (χ4v) is 7.53. The summed E-state index contributed by atoms with van der Waals surface area (Å²) >= 11 is 0. The smallest absolute Gasteiger partial charge is 0.0788 e. The number of hydrogen-bond donors (Lipinski definition) is 0. The lowest BCUT2D eigenvalue weighted by atomic mass is 9.94. The second kappa shape index (κ2) is 11.9. The second-order valence-electron chi connectivity index (χ2n) is 12.9. The lowest BCUT2D eigenvalue weighted by Crippen LogP contribution is -1.94. The molecule has 0 fully saturated rings. The van der Waals surface area contributed by atoms with Gasteiger partial charge in [-0.3, -0.25) is 4.98 Å². The van der Waals surface area contributed by atoms with Crippen molar-refractivity contribution in [2.45, 2.75) is 0 Å². The fourth-order valence-electron chi connectivity index (χ4n) is 7.53. The summed E-state index contributed by atoms with van der Waals surface area (Å²) in [6.07, 6.45) is 3.63. The molecule has 4 heteroatoms. The van der Waals surface area contributed by atoms with Crippen molar-refractivity contribution in [2.75, 3.05) is 0 Å². The number of aromatic nitrogens is 4. The number of hydrogen-bond acceptors (Lipinski definition) is 3. The average molecular weight is 651 g/mol. The molecular weight excluding hydrogens is 621 g/mol. The first-order valence-corrected chi connectivity index (χ1v) is 17.2. The highest BCUT2D eigenvalue weighted by Crippen LogP contribution is 2.42. The van der Waals surface area contributed by atoms with Crippen LogP contribution in [-0.4, -0.2) is 19.5 Å². The number of benzene rings is 6. The molecule has 238 valence electrons. The fraction of sp³-hybridized carbons (Fsp3) is 0. The van der Waals surface area contributed by atoms with Crippen molar-refractivity contribution < 1.29 is 0 Å². The van der Waals surface area contributed by atoms with Gasteiger partial charge >= 0.3 is 0 Å². The zero-order valence-electron chi connectivity index (χ0n) is 27.6. The highest BCUT2D eigenvalue weighted by atomic mass is 15.0. The third-order valence-corrected chi connectivity index (χ3v) is 9.87. The predicted octanol–water partition coefficient (Wildman–Crippen LogP) is 11.9. The maximum atomic E-state index is 5.33. The van der Waals surface area contributed by atoms with Crippen LogP contribution in [0.25, 0.3) is 94.1 Å². The molecule has 0 aliphatic carbocycles. The molecule has 0 aliphatic rings. The molecule has 0 N–H and O–H groups in total. The zero-order valence-corrected chi connectivity index (χ0v) is 27.6. The third-order valence-electron chi connectivity index (χ3n) is 9.87. The molecule has 0 bridgehead atoms. The van der Waals surface area contributed by atoms with Gasteiger partial charge in [0.05, 0.1) is 33.6 Å². The molecule has 0 unspecified atom stereocenters. The molecule has 10 aromatic rings. The highest BCUT2D eigenvalue weighted by molar-refractivity contribution is 6.29. The average Bonchev–Trinajstić information content (AvgIpc) is 3.56. The van der Waals surface area contributed by atoms with E-state index in [0.29, 0.717) is 0 Å². The Kier molecular flexibility index (Phi) is 6.78. The second-order valence-corrected chi connectivity index (χ2v) is 12.9. The van der Waals surface area contributed by atoms with Crippen LogP contribution >= 0.6 is 0 Å². The van der Waals surface area contributed by atoms with Crippen LogP contribution in [0.5, 0.6) is 0 Å². The highest BCUT2D eigenvalue weighted by Gasteiger charge is 2.19. The van der Waals surface area contributed by atoms with Crippen molar-refractivity contribution in [1.29, 1.82) is 0 Å². The van der Waals surface area contributed by atoms with E-state index >= 15 is 0 Å². The van der Waals surface area contributed by atoms with E-state index in [1.165, 1.54) is 27.2 Å². The minimum absolute atomic E-state index is 0.911. The van der Waals surface area contributed by atoms with E-state index in [-0.39, 0.29) is 0 Å². The summed E-state index contributed by atoms with van der Waals surface area (Å²) in [5.74, 6) is 0. The first-order chi connectivity index (χ1) is 25.3. The van der Waals surface area contributed by atoms with Gasteiger partial charge in [-0.1, -0.05) is 109 Å². The van der Waals surface area contributed by atoms with Gasteiger partial charge in [-0.15, -0.1) is 0 Å². The maximum absolute atomic E-state index is 5.33. The van der Waals surface area contributed by atoms with Crippen molar-refractivity contribution in [1.82, 2.24) is 19.5 Å². The van der Waals surface area contributed by atoms with E-state index in [2.05, 4.69) is 161 Å². The first-order valence-electron chi connectivity index (χ1n) is 17.2. The van der Waals surface area contributed by atoms with Crippen molar-refractivity contribution in [3.8, 4) is 50.6 Å². The van der Waals surface area contributed by atoms with Crippen LogP contribution in [0.15, 0.2) is 182 Å². The van der Waals surface area contributed by atoms with Gasteiger partial charge in [0.15, 0.2) is 0 Å². The summed E-state index contributed by atoms with van der Waals surface area (Å²) < 4.78 is 2.38. The van der Waals surface area contributed by atoms with Crippen LogP contribution in [-0.2, 0) is 0 Å². The van der Waals surface area contributed by atoms with Crippen molar-refractivity contribution >= 4 is 43.5 Å². The summed E-state index contributed by atoms with van der Waals surface area (Å²) in [6.45, 7) is 0. The van der Waals surface area contributed by atoms with Crippen LogP contribution < -0.4 is 0 Å². The Morgan fingerprint density at radius 1 is 0.392 bits per heavy atom. The predicted molar refractivity (Wildman–Crippen MR) is 211 cm³/mol. The molecule has 0 saturated heterocycles. The van der Waals surface area contributed by atoms with Gasteiger partial charge in [-0.2, -0.15) is 0 Å². The van der Waals surface area contributed by atoms with Gasteiger partial charge in [0.2, 0.25) is 0 Å². The molecule has 4 heterocycles. The molecule has 10 rings (SSSR count). The Bertz CT molecular complexity index is 2890. The molecule has 6 aromatic carbocycles. The molecule has 0 radical (unpaired) electrons. The SMILES string of the molecule is c1ccc(-n2c3ccccc3c3c4c(ccc32)c(-c2cccc(-c3ccc(-c5cccc(-c6cccnc6)n5)cc3)c2)nc2ccccc24)cc1. The van der Waals surface area contributed by atoms with E-state index in [9.17, 15) is 0 Å². The summed E-state index contributed by atoms with van der Waals surface area (Å²) in [5.41, 5.74) is 12.8. The monoisotopic (exact) mass is 650 g/mol. The number of fused-ring (bicyclic) bond motifs is 7. The first kappa shape index (κ1) is 29.0. The van der Waals surface area contributed by atoms with Crippen LogP contribution in [0.1, 0.15) is 0 Å². The third kappa shape index (κ3) is 4.88. The number of para-hydroxylation sites is 3. The topological polar surface area (TPSA) is 43.6 Å². The Morgan fingerprint density at radius 3 is 1.94 bits per heavy atom. The molecule has 0 spiro atoms. The minimum Gasteiger partial charge on any atom is -0.309 e. The maximum Gasteiger partial charge on any atom is 0.0788 e. The Morgan fingerprint density at radius 2 is 1.10 bits per heavy atom. The Hall–Kier alpha value is -6.91. The standard InChI is InChI=1S/C47H30N4/c1-2-14-36(15-3-1)51-43-21-7-5-17-38(43)46-44(51)27-26-39-45(46)37-16-4-6-18-42(37)50-47(39)34-12-8-11-33(29-34)31-22-24-32(25-23-31)40-19-9-20-41(49-40)35-13-10-28-48-30-35/h1-30H. The largest absolute Gasteiger partial charge is 0.309 e. The number of pyridine rings is 3. The van der Waals surface area contributed by atoms with Crippen LogP contribution in [0.4, 0.5) is 0 Å². The van der Waals surface area contributed by atoms with Crippen LogP contribution in [0.2, 0.25) is 0 Å². The van der Waals surface area contributed by atoms with Gasteiger partial charge in [-0.05, 0) is 71.8 Å².